The second-order valence-corrected chi connectivity index (χ2v) is 9.33. The zero-order chi connectivity index (χ0) is 25.8. The second-order valence-electron chi connectivity index (χ2n) is 8.38. The smallest absolute Gasteiger partial charge is 0.268 e. The minimum atomic E-state index is -0.229. The highest BCUT2D eigenvalue weighted by Crippen LogP contribution is 2.29. The van der Waals surface area contributed by atoms with Gasteiger partial charge in [0.2, 0.25) is 5.91 Å². The van der Waals surface area contributed by atoms with Crippen LogP contribution in [-0.4, -0.2) is 33.3 Å². The Morgan fingerprint density at radius 2 is 1.76 bits per heavy atom. The molecule has 0 saturated carbocycles. The van der Waals surface area contributed by atoms with Crippen molar-refractivity contribution in [3.8, 4) is 22.6 Å². The lowest BCUT2D eigenvalue weighted by atomic mass is 10.1. The van der Waals surface area contributed by atoms with Crippen LogP contribution in [0.2, 0.25) is 0 Å². The maximum atomic E-state index is 14.0. The average Bonchev–Trinajstić information content (AvgIpc) is 3.37. The van der Waals surface area contributed by atoms with Crippen LogP contribution in [-0.2, 0) is 11.2 Å². The minimum Gasteiger partial charge on any atom is -0.495 e. The van der Waals surface area contributed by atoms with Crippen molar-refractivity contribution < 1.29 is 9.53 Å². The Kier molecular flexibility index (Phi) is 7.09. The molecule has 0 aliphatic heterocycles. The number of carbonyl (C=O) groups excluding carboxylic acids is 1. The van der Waals surface area contributed by atoms with Crippen molar-refractivity contribution in [1.82, 2.24) is 14.5 Å². The molecule has 3 aromatic carbocycles. The van der Waals surface area contributed by atoms with Gasteiger partial charge < -0.3 is 15.0 Å². The number of aromatic amines is 1. The molecule has 37 heavy (non-hydrogen) atoms. The van der Waals surface area contributed by atoms with E-state index in [1.807, 2.05) is 72.9 Å². The van der Waals surface area contributed by atoms with Crippen LogP contribution in [0.5, 0.6) is 5.75 Å². The van der Waals surface area contributed by atoms with Gasteiger partial charge in [0.15, 0.2) is 5.16 Å². The van der Waals surface area contributed by atoms with Gasteiger partial charge in [0.25, 0.3) is 5.56 Å². The number of thioether (sulfide) groups is 1. The summed E-state index contributed by atoms with van der Waals surface area (Å²) in [6, 6.07) is 24.8. The first-order chi connectivity index (χ1) is 18.1. The van der Waals surface area contributed by atoms with Crippen molar-refractivity contribution in [2.75, 3.05) is 18.2 Å². The predicted molar refractivity (Wildman–Crippen MR) is 149 cm³/mol. The number of fused-ring (bicyclic) bond motifs is 1. The first-order valence-corrected chi connectivity index (χ1v) is 12.9. The van der Waals surface area contributed by atoms with E-state index < -0.39 is 0 Å². The number of ether oxygens (including phenoxy) is 1. The van der Waals surface area contributed by atoms with Crippen molar-refractivity contribution in [3.63, 3.8) is 0 Å². The molecule has 5 rings (SSSR count). The summed E-state index contributed by atoms with van der Waals surface area (Å²) in [6.07, 6.45) is 2.70. The summed E-state index contributed by atoms with van der Waals surface area (Å²) in [4.78, 5) is 34.7. The summed E-state index contributed by atoms with van der Waals surface area (Å²) >= 11 is 1.21. The van der Waals surface area contributed by atoms with Crippen LogP contribution in [0.15, 0.2) is 95.0 Å². The van der Waals surface area contributed by atoms with Gasteiger partial charge in [-0.1, -0.05) is 73.3 Å². The highest BCUT2D eigenvalue weighted by molar-refractivity contribution is 7.99. The lowest BCUT2D eigenvalue weighted by molar-refractivity contribution is -0.113. The maximum Gasteiger partial charge on any atom is 0.268 e. The van der Waals surface area contributed by atoms with Crippen LogP contribution in [0, 0.1) is 0 Å². The first-order valence-electron chi connectivity index (χ1n) is 11.9. The molecule has 0 spiro atoms. The third-order valence-electron chi connectivity index (χ3n) is 6.08. The number of nitrogens with zero attached hydrogens (tertiary/aromatic N) is 2. The molecule has 2 heterocycles. The van der Waals surface area contributed by atoms with Crippen molar-refractivity contribution in [2.24, 2.45) is 0 Å². The van der Waals surface area contributed by atoms with E-state index in [1.54, 1.807) is 23.8 Å². The number of anilines is 1. The van der Waals surface area contributed by atoms with Crippen molar-refractivity contribution in [3.05, 3.63) is 101 Å². The monoisotopic (exact) mass is 510 g/mol. The molecule has 0 radical (unpaired) electrons. The van der Waals surface area contributed by atoms with Crippen LogP contribution in [0.3, 0.4) is 0 Å². The Bertz CT molecular complexity index is 1610. The average molecular weight is 511 g/mol. The van der Waals surface area contributed by atoms with Gasteiger partial charge in [-0.05, 0) is 41.8 Å². The summed E-state index contributed by atoms with van der Waals surface area (Å²) in [6.45, 7) is 2.09. The molecule has 186 valence electrons. The van der Waals surface area contributed by atoms with E-state index in [4.69, 9.17) is 9.72 Å². The van der Waals surface area contributed by atoms with E-state index in [0.717, 1.165) is 17.5 Å². The molecule has 2 aromatic heterocycles. The Labute approximate surface area is 218 Å². The zero-order valence-corrected chi connectivity index (χ0v) is 21.3. The summed E-state index contributed by atoms with van der Waals surface area (Å²) in [7, 11) is 1.56. The van der Waals surface area contributed by atoms with Crippen molar-refractivity contribution in [1.29, 1.82) is 0 Å². The number of amides is 1. The number of nitrogens with one attached hydrogen (secondary N) is 2. The molecule has 5 aromatic rings. The maximum absolute atomic E-state index is 14.0. The topological polar surface area (TPSA) is 89.0 Å². The van der Waals surface area contributed by atoms with E-state index in [1.165, 1.54) is 17.3 Å². The van der Waals surface area contributed by atoms with Gasteiger partial charge in [-0.15, -0.1) is 0 Å². The minimum absolute atomic E-state index is 0.0648. The number of benzene rings is 3. The molecule has 0 saturated heterocycles. The quantitative estimate of drug-likeness (QED) is 0.207. The van der Waals surface area contributed by atoms with E-state index in [0.29, 0.717) is 33.3 Å². The Hall–Kier alpha value is -4.30. The van der Waals surface area contributed by atoms with E-state index in [2.05, 4.69) is 17.2 Å². The number of aromatic nitrogens is 3. The molecule has 0 unspecified atom stereocenters. The zero-order valence-electron chi connectivity index (χ0n) is 20.5. The molecule has 0 atom stereocenters. The molecule has 2 N–H and O–H groups in total. The fraction of sp³-hybridized carbons (Fsp3) is 0.138. The fourth-order valence-corrected chi connectivity index (χ4v) is 4.98. The van der Waals surface area contributed by atoms with E-state index in [9.17, 15) is 9.59 Å². The van der Waals surface area contributed by atoms with Gasteiger partial charge in [-0.2, -0.15) is 0 Å². The van der Waals surface area contributed by atoms with E-state index >= 15 is 0 Å². The van der Waals surface area contributed by atoms with Gasteiger partial charge >= 0.3 is 0 Å². The molecule has 0 aliphatic rings. The third-order valence-corrected chi connectivity index (χ3v) is 7.01. The highest BCUT2D eigenvalue weighted by atomic mass is 32.2. The van der Waals surface area contributed by atoms with Crippen LogP contribution >= 0.6 is 11.8 Å². The summed E-state index contributed by atoms with van der Waals surface area (Å²) in [5.41, 5.74) is 4.46. The van der Waals surface area contributed by atoms with Crippen LogP contribution in [0.1, 0.15) is 12.5 Å². The number of rotatable bonds is 8. The van der Waals surface area contributed by atoms with Gasteiger partial charge in [0.1, 0.15) is 11.4 Å². The van der Waals surface area contributed by atoms with Gasteiger partial charge in [0, 0.05) is 11.8 Å². The third kappa shape index (κ3) is 5.01. The number of methoxy groups -OCH3 is 1. The number of hydrogen-bond donors (Lipinski definition) is 2. The van der Waals surface area contributed by atoms with Gasteiger partial charge in [-0.25, -0.2) is 4.98 Å². The highest BCUT2D eigenvalue weighted by Gasteiger charge is 2.19. The number of para-hydroxylation sites is 2. The Morgan fingerprint density at radius 3 is 2.49 bits per heavy atom. The fourth-order valence-electron chi connectivity index (χ4n) is 4.18. The summed E-state index contributed by atoms with van der Waals surface area (Å²) in [5, 5.41) is 3.81. The predicted octanol–water partition coefficient (Wildman–Crippen LogP) is 5.68. The SMILES string of the molecule is CCc1ccc(-n2c(SCC(=O)Nc3ccccc3OC)nc3[nH]cc(-c4ccccc4)c3c2=O)cc1. The largest absolute Gasteiger partial charge is 0.495 e. The molecule has 0 fully saturated rings. The Morgan fingerprint density at radius 1 is 1.03 bits per heavy atom. The molecule has 0 bridgehead atoms. The first kappa shape index (κ1) is 24.4. The van der Waals surface area contributed by atoms with Crippen LogP contribution in [0.25, 0.3) is 27.8 Å². The molecule has 0 aliphatic carbocycles. The lowest BCUT2D eigenvalue weighted by Crippen LogP contribution is -2.23. The van der Waals surface area contributed by atoms with Crippen molar-refractivity contribution in [2.45, 2.75) is 18.5 Å². The van der Waals surface area contributed by atoms with E-state index in [-0.39, 0.29) is 17.2 Å². The standard InChI is InChI=1S/C29H26N4O3S/c1-3-19-13-15-21(16-14-19)33-28(35)26-22(20-9-5-4-6-10-20)17-30-27(26)32-29(33)37-18-25(34)31-23-11-7-8-12-24(23)36-2/h4-17,30H,3,18H2,1-2H3,(H,31,34). The summed E-state index contributed by atoms with van der Waals surface area (Å²) < 4.78 is 6.91. The molecular formula is C29H26N4O3S. The van der Waals surface area contributed by atoms with Crippen molar-refractivity contribution >= 4 is 34.4 Å². The van der Waals surface area contributed by atoms with Gasteiger partial charge in [0.05, 0.1) is 29.6 Å². The Balaban J connectivity index is 1.54. The molecule has 8 heteroatoms. The normalized spacial score (nSPS) is 11.0. The molecular weight excluding hydrogens is 484 g/mol. The van der Waals surface area contributed by atoms with Crippen LogP contribution in [0.4, 0.5) is 5.69 Å². The van der Waals surface area contributed by atoms with Gasteiger partial charge in [-0.3, -0.25) is 14.2 Å². The summed E-state index contributed by atoms with van der Waals surface area (Å²) in [5.74, 6) is 0.413. The molecule has 1 amide bonds. The number of aryl methyl sites for hydroxylation is 1. The number of hydrogen-bond acceptors (Lipinski definition) is 5. The number of H-pyrrole nitrogens is 1. The second kappa shape index (κ2) is 10.8. The number of carbonyl (C=O) groups is 1. The molecule has 7 nitrogen and oxygen atoms in total. The lowest BCUT2D eigenvalue weighted by Gasteiger charge is -2.14. The van der Waals surface area contributed by atoms with Crippen LogP contribution < -0.4 is 15.6 Å².